The fourth-order valence-corrected chi connectivity index (χ4v) is 2.76. The zero-order valence-electron chi connectivity index (χ0n) is 11.2. The summed E-state index contributed by atoms with van der Waals surface area (Å²) in [6.07, 6.45) is 2.02. The van der Waals surface area contributed by atoms with E-state index in [1.165, 1.54) is 6.20 Å². The fourth-order valence-electron chi connectivity index (χ4n) is 2.76. The van der Waals surface area contributed by atoms with Crippen LogP contribution >= 0.6 is 0 Å². The summed E-state index contributed by atoms with van der Waals surface area (Å²) in [5, 5.41) is 20.3. The number of aromatic nitrogens is 1. The van der Waals surface area contributed by atoms with Gasteiger partial charge in [-0.05, 0) is 19.4 Å². The van der Waals surface area contributed by atoms with E-state index in [-0.39, 0.29) is 5.56 Å². The van der Waals surface area contributed by atoms with Gasteiger partial charge in [0.05, 0.1) is 16.8 Å². The lowest BCUT2D eigenvalue weighted by Gasteiger charge is -2.23. The van der Waals surface area contributed by atoms with Gasteiger partial charge in [0.1, 0.15) is 5.56 Å². The predicted octanol–water partition coefficient (Wildman–Crippen LogP) is 1.89. The number of benzene rings is 1. The second kappa shape index (κ2) is 4.45. The van der Waals surface area contributed by atoms with Crippen molar-refractivity contribution in [3.8, 4) is 0 Å². The van der Waals surface area contributed by atoms with Crippen molar-refractivity contribution in [1.82, 2.24) is 4.98 Å². The van der Waals surface area contributed by atoms with Crippen LogP contribution in [-0.4, -0.2) is 39.9 Å². The molecule has 0 radical (unpaired) electrons. The van der Waals surface area contributed by atoms with Crippen molar-refractivity contribution in [1.29, 1.82) is 0 Å². The summed E-state index contributed by atoms with van der Waals surface area (Å²) in [6, 6.07) is 7.48. The molecule has 0 bridgehead atoms. The minimum atomic E-state index is -0.996. The third-order valence-electron chi connectivity index (χ3n) is 3.75. The molecule has 1 unspecified atom stereocenters. The number of fused-ring (bicyclic) bond motifs is 1. The lowest BCUT2D eigenvalue weighted by Crippen LogP contribution is -2.30. The lowest BCUT2D eigenvalue weighted by atomic mass is 10.1. The van der Waals surface area contributed by atoms with E-state index in [0.29, 0.717) is 25.2 Å². The van der Waals surface area contributed by atoms with Gasteiger partial charge < -0.3 is 15.1 Å². The third-order valence-corrected chi connectivity index (χ3v) is 3.75. The summed E-state index contributed by atoms with van der Waals surface area (Å²) >= 11 is 0. The number of anilines is 1. The van der Waals surface area contributed by atoms with Crippen LogP contribution in [0, 0.1) is 0 Å². The van der Waals surface area contributed by atoms with Gasteiger partial charge in [-0.15, -0.1) is 0 Å². The molecule has 3 rings (SSSR count). The first-order chi connectivity index (χ1) is 9.48. The third kappa shape index (κ3) is 2.10. The zero-order valence-corrected chi connectivity index (χ0v) is 11.2. The van der Waals surface area contributed by atoms with Crippen molar-refractivity contribution in [2.24, 2.45) is 0 Å². The summed E-state index contributed by atoms with van der Waals surface area (Å²) in [7, 11) is 0. The molecule has 1 aliphatic rings. The van der Waals surface area contributed by atoms with Gasteiger partial charge in [-0.2, -0.15) is 0 Å². The standard InChI is InChI=1S/C15H16N2O3/c1-15(20)6-7-17(9-15)13-10-4-2-3-5-12(10)16-8-11(13)14(18)19/h2-5,8,20H,6-7,9H2,1H3,(H,18,19). The Hall–Kier alpha value is -2.14. The second-order valence-electron chi connectivity index (χ2n) is 5.51. The Morgan fingerprint density at radius 2 is 2.15 bits per heavy atom. The summed E-state index contributed by atoms with van der Waals surface area (Å²) < 4.78 is 0. The molecule has 0 aliphatic carbocycles. The number of carboxylic acids is 1. The van der Waals surface area contributed by atoms with E-state index in [4.69, 9.17) is 0 Å². The van der Waals surface area contributed by atoms with E-state index in [9.17, 15) is 15.0 Å². The normalized spacial score (nSPS) is 22.4. The number of hydrogen-bond acceptors (Lipinski definition) is 4. The molecule has 1 aliphatic heterocycles. The van der Waals surface area contributed by atoms with Crippen LogP contribution < -0.4 is 4.90 Å². The molecule has 104 valence electrons. The Labute approximate surface area is 116 Å². The molecule has 20 heavy (non-hydrogen) atoms. The Morgan fingerprint density at radius 1 is 1.40 bits per heavy atom. The van der Waals surface area contributed by atoms with Crippen LogP contribution in [0.2, 0.25) is 0 Å². The van der Waals surface area contributed by atoms with E-state index in [0.717, 1.165) is 10.9 Å². The maximum atomic E-state index is 11.5. The Bertz CT molecular complexity index is 682. The molecular formula is C15H16N2O3. The van der Waals surface area contributed by atoms with E-state index < -0.39 is 11.6 Å². The molecular weight excluding hydrogens is 256 g/mol. The Morgan fingerprint density at radius 3 is 2.80 bits per heavy atom. The molecule has 2 heterocycles. The van der Waals surface area contributed by atoms with Crippen molar-refractivity contribution in [2.75, 3.05) is 18.0 Å². The number of carboxylic acid groups (broad SMARTS) is 1. The molecule has 5 heteroatoms. The van der Waals surface area contributed by atoms with Crippen molar-refractivity contribution < 1.29 is 15.0 Å². The van der Waals surface area contributed by atoms with Crippen LogP contribution in [0.1, 0.15) is 23.7 Å². The number of aromatic carboxylic acids is 1. The molecule has 0 amide bonds. The van der Waals surface area contributed by atoms with Crippen molar-refractivity contribution >= 4 is 22.6 Å². The Balaban J connectivity index is 2.21. The van der Waals surface area contributed by atoms with Gasteiger partial charge in [0.15, 0.2) is 0 Å². The van der Waals surface area contributed by atoms with E-state index in [2.05, 4.69) is 4.98 Å². The number of aliphatic hydroxyl groups is 1. The first-order valence-corrected chi connectivity index (χ1v) is 6.56. The maximum Gasteiger partial charge on any atom is 0.339 e. The highest BCUT2D eigenvalue weighted by atomic mass is 16.4. The quantitative estimate of drug-likeness (QED) is 0.873. The van der Waals surface area contributed by atoms with E-state index in [1.54, 1.807) is 6.92 Å². The van der Waals surface area contributed by atoms with Gasteiger partial charge in [-0.25, -0.2) is 4.79 Å². The monoisotopic (exact) mass is 272 g/mol. The SMILES string of the molecule is CC1(O)CCN(c2c(C(=O)O)cnc3ccccc23)C1. The average molecular weight is 272 g/mol. The number of pyridine rings is 1. The van der Waals surface area contributed by atoms with Gasteiger partial charge in [-0.1, -0.05) is 18.2 Å². The molecule has 1 saturated heterocycles. The van der Waals surface area contributed by atoms with Crippen LogP contribution in [0.4, 0.5) is 5.69 Å². The fraction of sp³-hybridized carbons (Fsp3) is 0.333. The van der Waals surface area contributed by atoms with Crippen LogP contribution in [0.25, 0.3) is 10.9 Å². The minimum absolute atomic E-state index is 0.182. The molecule has 0 spiro atoms. The Kier molecular flexibility index (Phi) is 2.87. The number of para-hydroxylation sites is 1. The second-order valence-corrected chi connectivity index (χ2v) is 5.51. The molecule has 1 fully saturated rings. The number of β-amino-alcohol motifs (C(OH)–C–C–N with tert-alkyl or cyclic N) is 1. The zero-order chi connectivity index (χ0) is 14.3. The molecule has 1 atom stereocenters. The molecule has 5 nitrogen and oxygen atoms in total. The van der Waals surface area contributed by atoms with E-state index >= 15 is 0 Å². The van der Waals surface area contributed by atoms with Gasteiger partial charge >= 0.3 is 5.97 Å². The van der Waals surface area contributed by atoms with Crippen LogP contribution in [0.3, 0.4) is 0 Å². The summed E-state index contributed by atoms with van der Waals surface area (Å²) in [5.41, 5.74) is 0.821. The van der Waals surface area contributed by atoms with Crippen molar-refractivity contribution in [2.45, 2.75) is 18.9 Å². The van der Waals surface area contributed by atoms with Crippen LogP contribution in [0.5, 0.6) is 0 Å². The van der Waals surface area contributed by atoms with Gasteiger partial charge in [0.2, 0.25) is 0 Å². The number of rotatable bonds is 2. The number of nitrogens with zero attached hydrogens (tertiary/aromatic N) is 2. The predicted molar refractivity (Wildman–Crippen MR) is 76.2 cm³/mol. The molecule has 1 aromatic carbocycles. The summed E-state index contributed by atoms with van der Waals surface area (Å²) in [5.74, 6) is -0.996. The number of hydrogen-bond donors (Lipinski definition) is 2. The minimum Gasteiger partial charge on any atom is -0.478 e. The molecule has 1 aromatic heterocycles. The maximum absolute atomic E-state index is 11.5. The molecule has 0 saturated carbocycles. The highest BCUT2D eigenvalue weighted by Gasteiger charge is 2.34. The summed E-state index contributed by atoms with van der Waals surface area (Å²) in [4.78, 5) is 17.6. The first-order valence-electron chi connectivity index (χ1n) is 6.56. The topological polar surface area (TPSA) is 73.7 Å². The molecule has 2 aromatic rings. The largest absolute Gasteiger partial charge is 0.478 e. The highest BCUT2D eigenvalue weighted by Crippen LogP contribution is 2.34. The lowest BCUT2D eigenvalue weighted by molar-refractivity contribution is 0.0695. The summed E-state index contributed by atoms with van der Waals surface area (Å²) in [6.45, 7) is 2.85. The van der Waals surface area contributed by atoms with Crippen LogP contribution in [0.15, 0.2) is 30.5 Å². The first kappa shape index (κ1) is 12.9. The number of carbonyl (C=O) groups is 1. The average Bonchev–Trinajstić information content (AvgIpc) is 2.77. The van der Waals surface area contributed by atoms with Gasteiger partial charge in [0.25, 0.3) is 0 Å². The smallest absolute Gasteiger partial charge is 0.339 e. The van der Waals surface area contributed by atoms with Gasteiger partial charge in [-0.3, -0.25) is 4.98 Å². The highest BCUT2D eigenvalue weighted by molar-refractivity contribution is 6.04. The molecule has 2 N–H and O–H groups in total. The van der Waals surface area contributed by atoms with Crippen molar-refractivity contribution in [3.05, 3.63) is 36.0 Å². The van der Waals surface area contributed by atoms with Gasteiger partial charge in [0, 0.05) is 24.7 Å². The van der Waals surface area contributed by atoms with E-state index in [1.807, 2.05) is 29.2 Å². The van der Waals surface area contributed by atoms with Crippen LogP contribution in [-0.2, 0) is 0 Å². The van der Waals surface area contributed by atoms with Crippen molar-refractivity contribution in [3.63, 3.8) is 0 Å².